The summed E-state index contributed by atoms with van der Waals surface area (Å²) in [7, 11) is 3.26. The van der Waals surface area contributed by atoms with Crippen molar-refractivity contribution in [3.8, 4) is 11.5 Å². The van der Waals surface area contributed by atoms with Crippen molar-refractivity contribution in [2.75, 3.05) is 14.2 Å². The summed E-state index contributed by atoms with van der Waals surface area (Å²) < 4.78 is 10.7. The molecule has 2 aromatic rings. The Bertz CT molecular complexity index is 716. The number of benzene rings is 1. The Morgan fingerprint density at radius 1 is 1.13 bits per heavy atom. The van der Waals surface area contributed by atoms with Crippen LogP contribution in [0.1, 0.15) is 28.4 Å². The third kappa shape index (κ3) is 2.86. The first-order chi connectivity index (χ1) is 11.1. The van der Waals surface area contributed by atoms with Crippen LogP contribution in [0.2, 0.25) is 0 Å². The van der Waals surface area contributed by atoms with Gasteiger partial charge >= 0.3 is 0 Å². The largest absolute Gasteiger partial charge is 0.493 e. The van der Waals surface area contributed by atoms with Crippen molar-refractivity contribution in [3.05, 3.63) is 53.3 Å². The van der Waals surface area contributed by atoms with Gasteiger partial charge in [0.25, 0.3) is 5.91 Å². The van der Waals surface area contributed by atoms with Gasteiger partial charge in [-0.1, -0.05) is 0 Å². The molecule has 0 aliphatic carbocycles. The van der Waals surface area contributed by atoms with Crippen LogP contribution >= 0.6 is 0 Å². The predicted octanol–water partition coefficient (Wildman–Crippen LogP) is 2.69. The van der Waals surface area contributed by atoms with Crippen LogP contribution in [0.15, 0.2) is 36.7 Å². The van der Waals surface area contributed by atoms with E-state index in [1.165, 1.54) is 5.56 Å². The molecule has 0 bridgehead atoms. The molecule has 0 saturated heterocycles. The molecular weight excluding hydrogens is 292 g/mol. The minimum Gasteiger partial charge on any atom is -0.493 e. The molecule has 5 heteroatoms. The van der Waals surface area contributed by atoms with Gasteiger partial charge in [0, 0.05) is 30.5 Å². The minimum absolute atomic E-state index is 0.0281. The van der Waals surface area contributed by atoms with E-state index in [0.29, 0.717) is 17.9 Å². The fraction of sp³-hybridized carbons (Fsp3) is 0.333. The first-order valence-electron chi connectivity index (χ1n) is 7.58. The van der Waals surface area contributed by atoms with Crippen LogP contribution in [-0.4, -0.2) is 36.1 Å². The van der Waals surface area contributed by atoms with Crippen LogP contribution in [-0.2, 0) is 13.0 Å². The Labute approximate surface area is 135 Å². The van der Waals surface area contributed by atoms with Gasteiger partial charge in [-0.25, -0.2) is 0 Å². The molecule has 1 unspecified atom stereocenters. The third-order valence-corrected chi connectivity index (χ3v) is 4.28. The molecule has 1 aliphatic heterocycles. The highest BCUT2D eigenvalue weighted by Crippen LogP contribution is 2.35. The molecular formula is C18H20N2O3. The Hall–Kier alpha value is -2.56. The summed E-state index contributed by atoms with van der Waals surface area (Å²) in [5, 5.41) is 0. The summed E-state index contributed by atoms with van der Waals surface area (Å²) in [6.07, 6.45) is 4.08. The number of methoxy groups -OCH3 is 2. The molecule has 1 amide bonds. The number of rotatable bonds is 3. The molecule has 1 atom stereocenters. The Morgan fingerprint density at radius 2 is 1.74 bits per heavy atom. The number of fused-ring (bicyclic) bond motifs is 1. The number of hydrogen-bond donors (Lipinski definition) is 0. The summed E-state index contributed by atoms with van der Waals surface area (Å²) >= 11 is 0. The number of aromatic nitrogens is 1. The average molecular weight is 312 g/mol. The fourth-order valence-electron chi connectivity index (χ4n) is 3.00. The SMILES string of the molecule is COc1cc2c(cc1OC)CN(C(=O)c1ccncc1)C(C)C2. The molecule has 2 heterocycles. The van der Waals surface area contributed by atoms with Crippen LogP contribution in [0.25, 0.3) is 0 Å². The summed E-state index contributed by atoms with van der Waals surface area (Å²) in [5.41, 5.74) is 2.97. The van der Waals surface area contributed by atoms with E-state index in [1.807, 2.05) is 17.0 Å². The number of carbonyl (C=O) groups is 1. The predicted molar refractivity (Wildman–Crippen MR) is 86.8 cm³/mol. The molecule has 1 aliphatic rings. The van der Waals surface area contributed by atoms with Gasteiger partial charge in [0.15, 0.2) is 11.5 Å². The molecule has 0 saturated carbocycles. The van der Waals surface area contributed by atoms with E-state index in [4.69, 9.17) is 9.47 Å². The van der Waals surface area contributed by atoms with Crippen molar-refractivity contribution in [1.29, 1.82) is 0 Å². The van der Waals surface area contributed by atoms with Gasteiger partial charge in [-0.15, -0.1) is 0 Å². The van der Waals surface area contributed by atoms with Crippen molar-refractivity contribution in [1.82, 2.24) is 9.88 Å². The zero-order chi connectivity index (χ0) is 16.4. The molecule has 0 fully saturated rings. The topological polar surface area (TPSA) is 51.7 Å². The van der Waals surface area contributed by atoms with Gasteiger partial charge in [0.2, 0.25) is 0 Å². The Balaban J connectivity index is 1.92. The lowest BCUT2D eigenvalue weighted by Crippen LogP contribution is -2.42. The van der Waals surface area contributed by atoms with Crippen LogP contribution < -0.4 is 9.47 Å². The lowest BCUT2D eigenvalue weighted by molar-refractivity contribution is 0.0657. The molecule has 1 aromatic heterocycles. The monoisotopic (exact) mass is 312 g/mol. The number of ether oxygens (including phenoxy) is 2. The van der Waals surface area contributed by atoms with Gasteiger partial charge in [0.05, 0.1) is 14.2 Å². The molecule has 3 rings (SSSR count). The van der Waals surface area contributed by atoms with E-state index in [0.717, 1.165) is 17.7 Å². The maximum absolute atomic E-state index is 12.7. The molecule has 5 nitrogen and oxygen atoms in total. The Kier molecular flexibility index (Phi) is 4.19. The first-order valence-corrected chi connectivity index (χ1v) is 7.58. The number of amides is 1. The molecule has 0 radical (unpaired) electrons. The van der Waals surface area contributed by atoms with Crippen molar-refractivity contribution >= 4 is 5.91 Å². The van der Waals surface area contributed by atoms with Gasteiger partial charge in [-0.05, 0) is 48.7 Å². The van der Waals surface area contributed by atoms with Gasteiger partial charge in [-0.2, -0.15) is 0 Å². The summed E-state index contributed by atoms with van der Waals surface area (Å²) in [6, 6.07) is 7.60. The summed E-state index contributed by atoms with van der Waals surface area (Å²) in [4.78, 5) is 18.6. The normalized spacial score (nSPS) is 16.7. The molecule has 120 valence electrons. The van der Waals surface area contributed by atoms with Crippen molar-refractivity contribution in [2.24, 2.45) is 0 Å². The van der Waals surface area contributed by atoms with Crippen molar-refractivity contribution in [3.63, 3.8) is 0 Å². The number of carbonyl (C=O) groups excluding carboxylic acids is 1. The Morgan fingerprint density at radius 3 is 2.35 bits per heavy atom. The maximum Gasteiger partial charge on any atom is 0.254 e. The van der Waals surface area contributed by atoms with Gasteiger partial charge < -0.3 is 14.4 Å². The quantitative estimate of drug-likeness (QED) is 0.874. The molecule has 1 aromatic carbocycles. The maximum atomic E-state index is 12.7. The van der Waals surface area contributed by atoms with E-state index in [1.54, 1.807) is 38.7 Å². The zero-order valence-electron chi connectivity index (χ0n) is 13.6. The second-order valence-electron chi connectivity index (χ2n) is 5.70. The smallest absolute Gasteiger partial charge is 0.254 e. The average Bonchev–Trinajstić information content (AvgIpc) is 2.60. The molecule has 0 N–H and O–H groups in total. The third-order valence-electron chi connectivity index (χ3n) is 4.28. The van der Waals surface area contributed by atoms with Crippen LogP contribution in [0.4, 0.5) is 0 Å². The summed E-state index contributed by atoms with van der Waals surface area (Å²) in [6.45, 7) is 2.64. The minimum atomic E-state index is 0.0281. The number of hydrogen-bond acceptors (Lipinski definition) is 4. The molecule has 23 heavy (non-hydrogen) atoms. The van der Waals surface area contributed by atoms with E-state index in [-0.39, 0.29) is 11.9 Å². The molecule has 0 spiro atoms. The van der Waals surface area contributed by atoms with E-state index in [2.05, 4.69) is 11.9 Å². The van der Waals surface area contributed by atoms with Crippen molar-refractivity contribution < 1.29 is 14.3 Å². The number of pyridine rings is 1. The van der Waals surface area contributed by atoms with E-state index in [9.17, 15) is 4.79 Å². The van der Waals surface area contributed by atoms with Crippen LogP contribution in [0.5, 0.6) is 11.5 Å². The van der Waals surface area contributed by atoms with Gasteiger partial charge in [-0.3, -0.25) is 9.78 Å². The van der Waals surface area contributed by atoms with E-state index >= 15 is 0 Å². The number of nitrogens with zero attached hydrogens (tertiary/aromatic N) is 2. The van der Waals surface area contributed by atoms with Gasteiger partial charge in [0.1, 0.15) is 0 Å². The fourth-order valence-corrected chi connectivity index (χ4v) is 3.00. The highest BCUT2D eigenvalue weighted by molar-refractivity contribution is 5.94. The second kappa shape index (κ2) is 6.28. The van der Waals surface area contributed by atoms with Crippen LogP contribution in [0.3, 0.4) is 0 Å². The standard InChI is InChI=1S/C18H20N2O3/c1-12-8-14-9-16(22-2)17(23-3)10-15(14)11-20(12)18(21)13-4-6-19-7-5-13/h4-7,9-10,12H,8,11H2,1-3H3. The van der Waals surface area contributed by atoms with E-state index < -0.39 is 0 Å². The second-order valence-corrected chi connectivity index (χ2v) is 5.70. The first kappa shape index (κ1) is 15.3. The summed E-state index contributed by atoms with van der Waals surface area (Å²) in [5.74, 6) is 1.45. The lowest BCUT2D eigenvalue weighted by Gasteiger charge is -2.35. The zero-order valence-corrected chi connectivity index (χ0v) is 13.6. The highest BCUT2D eigenvalue weighted by Gasteiger charge is 2.28. The van der Waals surface area contributed by atoms with Crippen LogP contribution in [0, 0.1) is 0 Å². The van der Waals surface area contributed by atoms with Crippen molar-refractivity contribution in [2.45, 2.75) is 25.9 Å². The highest BCUT2D eigenvalue weighted by atomic mass is 16.5. The lowest BCUT2D eigenvalue weighted by atomic mass is 9.93.